The minimum Gasteiger partial charge on any atom is -0.483 e. The number of thiophene rings is 1. The van der Waals surface area contributed by atoms with Crippen LogP contribution in [0, 0.1) is 6.92 Å². The molecule has 0 spiro atoms. The number of nitrogens with zero attached hydrogens (tertiary/aromatic N) is 3. The van der Waals surface area contributed by atoms with Gasteiger partial charge in [-0.1, -0.05) is 16.4 Å². The van der Waals surface area contributed by atoms with Crippen LogP contribution in [0.4, 0.5) is 0 Å². The second-order valence-corrected chi connectivity index (χ2v) is 7.46. The van der Waals surface area contributed by atoms with Crippen molar-refractivity contribution >= 4 is 17.2 Å². The van der Waals surface area contributed by atoms with Crippen molar-refractivity contribution in [1.29, 1.82) is 0 Å². The lowest BCUT2D eigenvalue weighted by atomic mass is 10.1. The standard InChI is InChI=1S/C20H24N4O3S/c1-4-21-20(25)13-26-18-8-7-15(19-6-5-9-28-19)10-16(18)11-24(3)12-17-14(2)22-27-23-17/h5-10H,4,11-13H2,1-3H3,(H,21,25). The van der Waals surface area contributed by atoms with E-state index in [9.17, 15) is 4.79 Å². The molecule has 148 valence electrons. The van der Waals surface area contributed by atoms with Crippen molar-refractivity contribution in [3.63, 3.8) is 0 Å². The van der Waals surface area contributed by atoms with E-state index in [-0.39, 0.29) is 12.5 Å². The first-order chi connectivity index (χ1) is 13.6. The molecule has 1 amide bonds. The Bertz CT molecular complexity index is 908. The van der Waals surface area contributed by atoms with Crippen LogP contribution in [-0.2, 0) is 17.9 Å². The molecular formula is C20H24N4O3S. The fraction of sp³-hybridized carbons (Fsp3) is 0.350. The second kappa shape index (κ2) is 9.48. The molecular weight excluding hydrogens is 376 g/mol. The summed E-state index contributed by atoms with van der Waals surface area (Å²) in [5.74, 6) is 0.571. The van der Waals surface area contributed by atoms with Crippen LogP contribution < -0.4 is 10.1 Å². The number of carbonyl (C=O) groups excluding carboxylic acids is 1. The summed E-state index contributed by atoms with van der Waals surface area (Å²) in [7, 11) is 2.00. The first-order valence-electron chi connectivity index (χ1n) is 9.09. The molecule has 0 aliphatic rings. The van der Waals surface area contributed by atoms with Crippen LogP contribution in [0.15, 0.2) is 40.3 Å². The smallest absolute Gasteiger partial charge is 0.257 e. The molecule has 2 aromatic heterocycles. The summed E-state index contributed by atoms with van der Waals surface area (Å²) in [6.07, 6.45) is 0. The monoisotopic (exact) mass is 400 g/mol. The molecule has 28 heavy (non-hydrogen) atoms. The van der Waals surface area contributed by atoms with Crippen LogP contribution in [0.5, 0.6) is 5.75 Å². The fourth-order valence-electron chi connectivity index (χ4n) is 2.83. The molecule has 3 aromatic rings. The van der Waals surface area contributed by atoms with Gasteiger partial charge < -0.3 is 10.1 Å². The molecule has 1 N–H and O–H groups in total. The van der Waals surface area contributed by atoms with E-state index < -0.39 is 0 Å². The molecule has 7 nitrogen and oxygen atoms in total. The molecule has 0 saturated heterocycles. The topological polar surface area (TPSA) is 80.5 Å². The molecule has 8 heteroatoms. The molecule has 0 atom stereocenters. The zero-order valence-corrected chi connectivity index (χ0v) is 17.1. The fourth-order valence-corrected chi connectivity index (χ4v) is 3.55. The summed E-state index contributed by atoms with van der Waals surface area (Å²) in [4.78, 5) is 15.1. The number of nitrogens with one attached hydrogen (secondary N) is 1. The lowest BCUT2D eigenvalue weighted by Crippen LogP contribution is -2.28. The first-order valence-corrected chi connectivity index (χ1v) is 9.97. The van der Waals surface area contributed by atoms with E-state index in [1.807, 2.05) is 39.1 Å². The maximum absolute atomic E-state index is 11.8. The Morgan fingerprint density at radius 2 is 2.14 bits per heavy atom. The zero-order valence-electron chi connectivity index (χ0n) is 16.3. The number of rotatable bonds is 9. The average Bonchev–Trinajstić information content (AvgIpc) is 3.33. The largest absolute Gasteiger partial charge is 0.483 e. The van der Waals surface area contributed by atoms with Crippen LogP contribution in [0.1, 0.15) is 23.9 Å². The van der Waals surface area contributed by atoms with E-state index in [1.165, 1.54) is 4.88 Å². The highest BCUT2D eigenvalue weighted by Crippen LogP contribution is 2.30. The number of aromatic nitrogens is 2. The number of likely N-dealkylation sites (N-methyl/N-ethyl adjacent to an activating group) is 1. The van der Waals surface area contributed by atoms with Gasteiger partial charge in [-0.2, -0.15) is 0 Å². The maximum Gasteiger partial charge on any atom is 0.257 e. The van der Waals surface area contributed by atoms with Crippen molar-refractivity contribution in [3.8, 4) is 16.2 Å². The second-order valence-electron chi connectivity index (χ2n) is 6.51. The molecule has 0 fully saturated rings. The van der Waals surface area contributed by atoms with Gasteiger partial charge in [0.05, 0.1) is 0 Å². The Morgan fingerprint density at radius 1 is 1.29 bits per heavy atom. The van der Waals surface area contributed by atoms with Crippen LogP contribution in [0.3, 0.4) is 0 Å². The summed E-state index contributed by atoms with van der Waals surface area (Å²) >= 11 is 1.69. The molecule has 1 aromatic carbocycles. The Balaban J connectivity index is 1.78. The lowest BCUT2D eigenvalue weighted by Gasteiger charge is -2.19. The third-order valence-corrected chi connectivity index (χ3v) is 5.12. The first kappa shape index (κ1) is 20.0. The van der Waals surface area contributed by atoms with E-state index in [1.54, 1.807) is 11.3 Å². The average molecular weight is 401 g/mol. The SMILES string of the molecule is CCNC(=O)COc1ccc(-c2cccs2)cc1CN(C)Cc1nonc1C. The number of benzene rings is 1. The number of hydrogen-bond acceptors (Lipinski definition) is 7. The van der Waals surface area contributed by atoms with Gasteiger partial charge in [-0.25, -0.2) is 4.63 Å². The minimum atomic E-state index is -0.131. The van der Waals surface area contributed by atoms with Crippen molar-refractivity contribution in [2.24, 2.45) is 0 Å². The van der Waals surface area contributed by atoms with Gasteiger partial charge in [-0.3, -0.25) is 9.69 Å². The van der Waals surface area contributed by atoms with Crippen LogP contribution in [0.2, 0.25) is 0 Å². The molecule has 0 bridgehead atoms. The summed E-state index contributed by atoms with van der Waals surface area (Å²) in [5.41, 5.74) is 3.73. The van der Waals surface area contributed by atoms with Crippen LogP contribution in [0.25, 0.3) is 10.4 Å². The van der Waals surface area contributed by atoms with Crippen LogP contribution in [-0.4, -0.2) is 41.3 Å². The molecule has 0 unspecified atom stereocenters. The number of carbonyl (C=O) groups is 1. The van der Waals surface area contributed by atoms with E-state index in [2.05, 4.69) is 38.0 Å². The van der Waals surface area contributed by atoms with Gasteiger partial charge in [0.25, 0.3) is 5.91 Å². The Labute approximate surface area is 168 Å². The Kier molecular flexibility index (Phi) is 6.78. The number of hydrogen-bond donors (Lipinski definition) is 1. The predicted octanol–water partition coefficient (Wildman–Crippen LogP) is 3.25. The summed E-state index contributed by atoms with van der Waals surface area (Å²) in [6.45, 7) is 5.58. The summed E-state index contributed by atoms with van der Waals surface area (Å²) in [5, 5.41) is 12.6. The van der Waals surface area contributed by atoms with Gasteiger partial charge in [-0.15, -0.1) is 11.3 Å². The zero-order chi connectivity index (χ0) is 19.9. The third kappa shape index (κ3) is 5.17. The van der Waals surface area contributed by atoms with Crippen molar-refractivity contribution in [3.05, 3.63) is 52.7 Å². The Morgan fingerprint density at radius 3 is 2.82 bits per heavy atom. The molecule has 0 aliphatic carbocycles. The molecule has 0 saturated carbocycles. The van der Waals surface area contributed by atoms with Crippen LogP contribution >= 0.6 is 11.3 Å². The van der Waals surface area contributed by atoms with E-state index in [0.717, 1.165) is 22.5 Å². The highest BCUT2D eigenvalue weighted by Gasteiger charge is 2.14. The predicted molar refractivity (Wildman–Crippen MR) is 108 cm³/mol. The van der Waals surface area contributed by atoms with E-state index in [4.69, 9.17) is 9.37 Å². The number of amides is 1. The van der Waals surface area contributed by atoms with Gasteiger partial charge in [0.15, 0.2) is 6.61 Å². The number of ether oxygens (including phenoxy) is 1. The van der Waals surface area contributed by atoms with E-state index >= 15 is 0 Å². The van der Waals surface area contributed by atoms with Crippen molar-refractivity contribution in [1.82, 2.24) is 20.5 Å². The van der Waals surface area contributed by atoms with Gasteiger partial charge in [0.2, 0.25) is 0 Å². The van der Waals surface area contributed by atoms with Gasteiger partial charge in [-0.05, 0) is 56.1 Å². The number of aryl methyl sites for hydroxylation is 1. The van der Waals surface area contributed by atoms with Gasteiger partial charge in [0, 0.05) is 30.1 Å². The Hall–Kier alpha value is -2.71. The molecule has 3 rings (SSSR count). The maximum atomic E-state index is 11.8. The lowest BCUT2D eigenvalue weighted by molar-refractivity contribution is -0.122. The molecule has 2 heterocycles. The quantitative estimate of drug-likeness (QED) is 0.594. The van der Waals surface area contributed by atoms with Gasteiger partial charge >= 0.3 is 0 Å². The van der Waals surface area contributed by atoms with E-state index in [0.29, 0.717) is 25.4 Å². The highest BCUT2D eigenvalue weighted by atomic mass is 32.1. The summed E-state index contributed by atoms with van der Waals surface area (Å²) in [6, 6.07) is 10.2. The summed E-state index contributed by atoms with van der Waals surface area (Å²) < 4.78 is 10.6. The van der Waals surface area contributed by atoms with Crippen molar-refractivity contribution < 1.29 is 14.2 Å². The normalized spacial score (nSPS) is 11.0. The van der Waals surface area contributed by atoms with Crippen molar-refractivity contribution in [2.75, 3.05) is 20.2 Å². The molecule has 0 radical (unpaired) electrons. The third-order valence-electron chi connectivity index (χ3n) is 4.21. The highest BCUT2D eigenvalue weighted by molar-refractivity contribution is 7.13. The molecule has 0 aliphatic heterocycles. The minimum absolute atomic E-state index is 0.00474. The van der Waals surface area contributed by atoms with Crippen molar-refractivity contribution in [2.45, 2.75) is 26.9 Å². The van der Waals surface area contributed by atoms with Gasteiger partial charge in [0.1, 0.15) is 17.1 Å².